The molecule has 0 unspecified atom stereocenters. The van der Waals surface area contributed by atoms with Crippen molar-refractivity contribution < 1.29 is 33.3 Å². The van der Waals surface area contributed by atoms with Gasteiger partial charge in [0.15, 0.2) is 6.10 Å². The number of carbonyl (C=O) groups is 3. The summed E-state index contributed by atoms with van der Waals surface area (Å²) in [6, 6.07) is -0.0297. The molecule has 3 fully saturated rings. The van der Waals surface area contributed by atoms with Crippen molar-refractivity contribution in [1.82, 2.24) is 10.6 Å². The molecule has 1 spiro atoms. The van der Waals surface area contributed by atoms with Gasteiger partial charge in [-0.1, -0.05) is 50.6 Å². The number of ether oxygens (including phenoxy) is 4. The van der Waals surface area contributed by atoms with Gasteiger partial charge >= 0.3 is 6.09 Å². The number of amides is 2. The molecule has 0 saturated carbocycles. The van der Waals surface area contributed by atoms with E-state index in [1.165, 1.54) is 0 Å². The Morgan fingerprint density at radius 1 is 1.15 bits per heavy atom. The van der Waals surface area contributed by atoms with Crippen LogP contribution in [0.3, 0.4) is 0 Å². The summed E-state index contributed by atoms with van der Waals surface area (Å²) in [6.07, 6.45) is 9.63. The number of hydrogen-bond acceptors (Lipinski definition) is 8. The SMILES string of the molecule is CC(=O)C[C@@H]1C[C@@]2(CO2)[C@H](OC(=O)NCCN)[C@@H](/C=C/C(C)=C/C[C@@H]2O[C@H](C)[C@H](NC(=O)/C=C\C(C)C)C[C@@H]2C)O1. The molecule has 4 N–H and O–H groups in total. The number of nitrogens with one attached hydrogen (secondary N) is 2. The number of alkyl carbamates (subject to hydrolysis) is 1. The minimum Gasteiger partial charge on any atom is -0.440 e. The van der Waals surface area contributed by atoms with E-state index in [4.69, 9.17) is 24.7 Å². The van der Waals surface area contributed by atoms with Crippen molar-refractivity contribution in [2.75, 3.05) is 19.7 Å². The number of ketones is 1. The maximum absolute atomic E-state index is 12.4. The fraction of sp³-hybridized carbons (Fsp3) is 0.710. The van der Waals surface area contributed by atoms with Gasteiger partial charge in [0.05, 0.1) is 31.0 Å². The molecule has 3 heterocycles. The number of carbonyl (C=O) groups excluding carboxylic acids is 3. The van der Waals surface area contributed by atoms with Gasteiger partial charge in [-0.25, -0.2) is 4.79 Å². The van der Waals surface area contributed by atoms with Crippen LogP contribution in [0, 0.1) is 11.8 Å². The number of nitrogens with two attached hydrogens (primary N) is 1. The van der Waals surface area contributed by atoms with Crippen LogP contribution in [-0.4, -0.2) is 79.6 Å². The van der Waals surface area contributed by atoms with Gasteiger partial charge in [-0.05, 0) is 51.5 Å². The normalized spacial score (nSPS) is 33.9. The van der Waals surface area contributed by atoms with Gasteiger partial charge in [-0.2, -0.15) is 0 Å². The van der Waals surface area contributed by atoms with Gasteiger partial charge in [0.25, 0.3) is 0 Å². The number of Topliss-reactive ketones (excluding diaryl/α,β-unsaturated/α-hetero) is 1. The van der Waals surface area contributed by atoms with Gasteiger partial charge < -0.3 is 35.3 Å². The van der Waals surface area contributed by atoms with Gasteiger partial charge in [0.2, 0.25) is 5.91 Å². The Morgan fingerprint density at radius 2 is 1.88 bits per heavy atom. The Labute approximate surface area is 244 Å². The van der Waals surface area contributed by atoms with Crippen LogP contribution in [0.5, 0.6) is 0 Å². The van der Waals surface area contributed by atoms with Gasteiger partial charge in [0.1, 0.15) is 17.5 Å². The summed E-state index contributed by atoms with van der Waals surface area (Å²) in [5.41, 5.74) is 5.86. The predicted octanol–water partition coefficient (Wildman–Crippen LogP) is 3.35. The Morgan fingerprint density at radius 3 is 2.51 bits per heavy atom. The number of epoxide rings is 1. The molecule has 10 nitrogen and oxygen atoms in total. The van der Waals surface area contributed by atoms with E-state index >= 15 is 0 Å². The standard InChI is InChI=1S/C31H49N3O7/c1-19(2)7-12-28(36)34-25-15-21(4)26(39-23(25)6)10-8-20(3)9-11-27-29(41-30(37)33-14-13-32)31(18-38-31)17-24(40-27)16-22(5)35/h7-9,11-12,19,21,23-27,29H,10,13-18,32H2,1-6H3,(H,33,37)(H,34,36)/b11-9+,12-7-,20-8+/t21-,23+,24+,25+,26-,27+,29+,31+/m0/s1. The van der Waals surface area contributed by atoms with Crippen LogP contribution in [0.15, 0.2) is 36.0 Å². The van der Waals surface area contributed by atoms with Crippen molar-refractivity contribution in [1.29, 1.82) is 0 Å². The first kappa shape index (κ1) is 33.0. The molecule has 0 aromatic rings. The number of hydrogen-bond donors (Lipinski definition) is 3. The lowest BCUT2D eigenvalue weighted by molar-refractivity contribution is -0.144. The highest BCUT2D eigenvalue weighted by molar-refractivity contribution is 5.87. The molecule has 0 aromatic carbocycles. The Hall–Kier alpha value is -2.53. The molecular weight excluding hydrogens is 526 g/mol. The van der Waals surface area contributed by atoms with Crippen molar-refractivity contribution in [3.8, 4) is 0 Å². The average molecular weight is 576 g/mol. The first-order valence-electron chi connectivity index (χ1n) is 14.8. The van der Waals surface area contributed by atoms with Crippen LogP contribution < -0.4 is 16.4 Å². The first-order valence-corrected chi connectivity index (χ1v) is 14.8. The molecule has 0 radical (unpaired) electrons. The minimum absolute atomic E-state index is 0.0297. The van der Waals surface area contributed by atoms with E-state index in [-0.39, 0.29) is 48.4 Å². The molecular formula is C31H49N3O7. The molecule has 3 aliphatic heterocycles. The molecule has 0 aliphatic carbocycles. The number of allylic oxidation sites excluding steroid dienone is 3. The second-order valence-electron chi connectivity index (χ2n) is 12.1. The fourth-order valence-corrected chi connectivity index (χ4v) is 5.45. The zero-order chi connectivity index (χ0) is 30.2. The van der Waals surface area contributed by atoms with Crippen molar-refractivity contribution in [2.24, 2.45) is 17.6 Å². The third-order valence-corrected chi connectivity index (χ3v) is 7.82. The Balaban J connectivity index is 1.62. The molecule has 10 heteroatoms. The molecule has 0 aromatic heterocycles. The summed E-state index contributed by atoms with van der Waals surface area (Å²) in [4.78, 5) is 36.5. The first-order chi connectivity index (χ1) is 19.4. The molecule has 230 valence electrons. The van der Waals surface area contributed by atoms with Gasteiger partial charge in [-0.15, -0.1) is 0 Å². The summed E-state index contributed by atoms with van der Waals surface area (Å²) < 4.78 is 24.1. The van der Waals surface area contributed by atoms with Crippen LogP contribution in [0.25, 0.3) is 0 Å². The molecule has 2 amide bonds. The molecule has 3 rings (SSSR count). The second-order valence-corrected chi connectivity index (χ2v) is 12.1. The third-order valence-electron chi connectivity index (χ3n) is 7.82. The lowest BCUT2D eigenvalue weighted by Crippen LogP contribution is -2.53. The Kier molecular flexibility index (Phi) is 12.1. The van der Waals surface area contributed by atoms with E-state index in [2.05, 4.69) is 23.6 Å². The summed E-state index contributed by atoms with van der Waals surface area (Å²) in [7, 11) is 0. The third kappa shape index (κ3) is 10.1. The summed E-state index contributed by atoms with van der Waals surface area (Å²) in [6.45, 7) is 12.8. The predicted molar refractivity (Wildman–Crippen MR) is 156 cm³/mol. The van der Waals surface area contributed by atoms with E-state index in [0.717, 1.165) is 18.4 Å². The van der Waals surface area contributed by atoms with Crippen LogP contribution >= 0.6 is 0 Å². The molecule has 3 aliphatic rings. The largest absolute Gasteiger partial charge is 0.440 e. The van der Waals surface area contributed by atoms with Crippen LogP contribution in [-0.2, 0) is 28.5 Å². The highest BCUT2D eigenvalue weighted by Gasteiger charge is 2.61. The topological polar surface area (TPSA) is 142 Å². The minimum atomic E-state index is -0.650. The van der Waals surface area contributed by atoms with E-state index in [0.29, 0.717) is 32.0 Å². The van der Waals surface area contributed by atoms with Crippen molar-refractivity contribution >= 4 is 17.8 Å². The van der Waals surface area contributed by atoms with Crippen LogP contribution in [0.4, 0.5) is 4.79 Å². The number of rotatable bonds is 12. The van der Waals surface area contributed by atoms with E-state index in [1.54, 1.807) is 13.0 Å². The average Bonchev–Trinajstić information content (AvgIpc) is 3.66. The molecule has 41 heavy (non-hydrogen) atoms. The zero-order valence-corrected chi connectivity index (χ0v) is 25.4. The smallest absolute Gasteiger partial charge is 0.407 e. The lowest BCUT2D eigenvalue weighted by atomic mass is 9.86. The monoisotopic (exact) mass is 575 g/mol. The Bertz CT molecular complexity index is 1000. The maximum atomic E-state index is 12.4. The van der Waals surface area contributed by atoms with E-state index < -0.39 is 23.9 Å². The summed E-state index contributed by atoms with van der Waals surface area (Å²) >= 11 is 0. The van der Waals surface area contributed by atoms with E-state index in [1.807, 2.05) is 45.9 Å². The van der Waals surface area contributed by atoms with E-state index in [9.17, 15) is 14.4 Å². The molecule has 0 bridgehead atoms. The van der Waals surface area contributed by atoms with Crippen LogP contribution in [0.1, 0.15) is 67.2 Å². The second kappa shape index (κ2) is 15.1. The maximum Gasteiger partial charge on any atom is 0.407 e. The molecule has 8 atom stereocenters. The summed E-state index contributed by atoms with van der Waals surface area (Å²) in [5.74, 6) is 0.541. The summed E-state index contributed by atoms with van der Waals surface area (Å²) in [5, 5.41) is 5.72. The van der Waals surface area contributed by atoms with Crippen molar-refractivity contribution in [3.05, 3.63) is 36.0 Å². The molecule has 3 saturated heterocycles. The van der Waals surface area contributed by atoms with Crippen LogP contribution in [0.2, 0.25) is 0 Å². The van der Waals surface area contributed by atoms with Crippen molar-refractivity contribution in [3.63, 3.8) is 0 Å². The highest BCUT2D eigenvalue weighted by Crippen LogP contribution is 2.45. The lowest BCUT2D eigenvalue weighted by Gasteiger charge is -2.39. The highest BCUT2D eigenvalue weighted by atomic mass is 16.7. The fourth-order valence-electron chi connectivity index (χ4n) is 5.45. The zero-order valence-electron chi connectivity index (χ0n) is 25.4. The quantitative estimate of drug-likeness (QED) is 0.183. The van der Waals surface area contributed by atoms with Gasteiger partial charge in [-0.3, -0.25) is 9.59 Å². The van der Waals surface area contributed by atoms with Crippen molar-refractivity contribution in [2.45, 2.75) is 109 Å². The van der Waals surface area contributed by atoms with Gasteiger partial charge in [0, 0.05) is 25.9 Å².